The van der Waals surface area contributed by atoms with E-state index in [0.717, 1.165) is 5.56 Å². The average Bonchev–Trinajstić information content (AvgIpc) is 3.09. The highest BCUT2D eigenvalue weighted by atomic mass is 35.5. The molecule has 1 amide bonds. The average molecular weight is 418 g/mol. The van der Waals surface area contributed by atoms with Gasteiger partial charge in [-0.2, -0.15) is 0 Å². The third-order valence-electron chi connectivity index (χ3n) is 4.35. The Bertz CT molecular complexity index is 992. The summed E-state index contributed by atoms with van der Waals surface area (Å²) in [4.78, 5) is 14.1. The molecule has 0 radical (unpaired) electrons. The van der Waals surface area contributed by atoms with Crippen molar-refractivity contribution >= 4 is 29.1 Å². The molecule has 0 bridgehead atoms. The molecule has 0 fully saturated rings. The Morgan fingerprint density at radius 1 is 1.07 bits per heavy atom. The van der Waals surface area contributed by atoms with E-state index >= 15 is 0 Å². The van der Waals surface area contributed by atoms with Gasteiger partial charge in [0.15, 0.2) is 0 Å². The molecule has 3 rings (SSSR count). The number of benzene rings is 2. The van der Waals surface area contributed by atoms with Crippen molar-refractivity contribution in [1.82, 2.24) is 15.1 Å². The summed E-state index contributed by atoms with van der Waals surface area (Å²) in [7, 11) is 1.65. The normalized spacial score (nSPS) is 11.5. The first-order chi connectivity index (χ1) is 13.1. The molecule has 1 heterocycles. The van der Waals surface area contributed by atoms with Crippen LogP contribution in [0, 0.1) is 0 Å². The Morgan fingerprint density at radius 2 is 1.75 bits per heavy atom. The number of amides is 1. The second-order valence-corrected chi connectivity index (χ2v) is 8.46. The molecule has 3 aromatic rings. The van der Waals surface area contributed by atoms with Crippen molar-refractivity contribution in [2.45, 2.75) is 32.7 Å². The van der Waals surface area contributed by atoms with Crippen LogP contribution in [0.25, 0.3) is 11.5 Å². The van der Waals surface area contributed by atoms with Crippen LogP contribution in [0.4, 0.5) is 0 Å². The van der Waals surface area contributed by atoms with Gasteiger partial charge < -0.3 is 9.32 Å². The Balaban J connectivity index is 1.72. The summed E-state index contributed by atoms with van der Waals surface area (Å²) in [6.07, 6.45) is 0. The van der Waals surface area contributed by atoms with Crippen molar-refractivity contribution in [1.29, 1.82) is 0 Å². The predicted molar refractivity (Wildman–Crippen MR) is 111 cm³/mol. The molecule has 0 atom stereocenters. The van der Waals surface area contributed by atoms with Crippen LogP contribution in [0.15, 0.2) is 46.9 Å². The van der Waals surface area contributed by atoms with Crippen LogP contribution in [0.2, 0.25) is 10.0 Å². The smallest absolute Gasteiger partial charge is 0.255 e. The number of hydrogen-bond acceptors (Lipinski definition) is 4. The Morgan fingerprint density at radius 3 is 2.36 bits per heavy atom. The van der Waals surface area contributed by atoms with Gasteiger partial charge in [0.1, 0.15) is 0 Å². The summed E-state index contributed by atoms with van der Waals surface area (Å²) in [6.45, 7) is 6.65. The van der Waals surface area contributed by atoms with Crippen LogP contribution < -0.4 is 0 Å². The summed E-state index contributed by atoms with van der Waals surface area (Å²) >= 11 is 12.0. The zero-order valence-electron chi connectivity index (χ0n) is 16.2. The minimum Gasteiger partial charge on any atom is -0.419 e. The molecule has 0 aliphatic heterocycles. The third-order valence-corrected chi connectivity index (χ3v) is 4.89. The van der Waals surface area contributed by atoms with Gasteiger partial charge in [-0.15, -0.1) is 10.2 Å². The summed E-state index contributed by atoms with van der Waals surface area (Å²) in [5.41, 5.74) is 2.50. The molecule has 0 saturated carbocycles. The first-order valence-corrected chi connectivity index (χ1v) is 9.54. The van der Waals surface area contributed by atoms with Crippen molar-refractivity contribution < 1.29 is 9.21 Å². The molecule has 7 heteroatoms. The van der Waals surface area contributed by atoms with Crippen molar-refractivity contribution in [3.63, 3.8) is 0 Å². The minimum atomic E-state index is -0.254. The van der Waals surface area contributed by atoms with E-state index < -0.39 is 0 Å². The first-order valence-electron chi connectivity index (χ1n) is 8.79. The van der Waals surface area contributed by atoms with E-state index in [1.807, 2.05) is 12.1 Å². The van der Waals surface area contributed by atoms with Gasteiger partial charge >= 0.3 is 0 Å². The number of rotatable bonds is 4. The minimum absolute atomic E-state index is 0.0740. The van der Waals surface area contributed by atoms with Crippen molar-refractivity contribution in [3.8, 4) is 11.5 Å². The van der Waals surface area contributed by atoms with Crippen molar-refractivity contribution in [3.05, 3.63) is 69.5 Å². The van der Waals surface area contributed by atoms with E-state index in [4.69, 9.17) is 27.6 Å². The number of hydrogen-bond donors (Lipinski definition) is 0. The maximum atomic E-state index is 12.6. The van der Waals surface area contributed by atoms with Crippen LogP contribution in [-0.2, 0) is 12.0 Å². The SMILES string of the molecule is CN(Cc1nnc(-c2ccc(C(C)(C)C)cc2)o1)C(=O)c1ccc(Cl)cc1Cl. The van der Waals surface area contributed by atoms with Crippen LogP contribution >= 0.6 is 23.2 Å². The molecule has 5 nitrogen and oxygen atoms in total. The molecular weight excluding hydrogens is 397 g/mol. The molecule has 0 spiro atoms. The molecule has 0 aliphatic carbocycles. The number of nitrogens with zero attached hydrogens (tertiary/aromatic N) is 3. The van der Waals surface area contributed by atoms with Crippen LogP contribution in [0.5, 0.6) is 0 Å². The van der Waals surface area contributed by atoms with Crippen LogP contribution in [0.3, 0.4) is 0 Å². The molecule has 0 saturated heterocycles. The van der Waals surface area contributed by atoms with Gasteiger partial charge in [0.05, 0.1) is 17.1 Å². The summed E-state index contributed by atoms with van der Waals surface area (Å²) in [5, 5.41) is 8.92. The maximum absolute atomic E-state index is 12.6. The fourth-order valence-corrected chi connectivity index (χ4v) is 3.18. The molecule has 1 aromatic heterocycles. The molecule has 2 aromatic carbocycles. The van der Waals surface area contributed by atoms with Crippen LogP contribution in [0.1, 0.15) is 42.6 Å². The molecular formula is C21H21Cl2N3O2. The highest BCUT2D eigenvalue weighted by Gasteiger charge is 2.19. The number of aromatic nitrogens is 2. The standard InChI is InChI=1S/C21H21Cl2N3O2/c1-21(2,3)14-7-5-13(6-8-14)19-25-24-18(28-19)12-26(4)20(27)16-10-9-15(22)11-17(16)23/h5-11H,12H2,1-4H3. The lowest BCUT2D eigenvalue weighted by Crippen LogP contribution is -2.26. The third kappa shape index (κ3) is 4.54. The van der Waals surface area contributed by atoms with E-state index in [0.29, 0.717) is 27.4 Å². The molecule has 0 N–H and O–H groups in total. The van der Waals surface area contributed by atoms with Crippen LogP contribution in [-0.4, -0.2) is 28.1 Å². The number of carbonyl (C=O) groups excluding carboxylic acids is 1. The highest BCUT2D eigenvalue weighted by molar-refractivity contribution is 6.36. The van der Waals surface area contributed by atoms with Gasteiger partial charge in [-0.25, -0.2) is 0 Å². The quantitative estimate of drug-likeness (QED) is 0.552. The second-order valence-electron chi connectivity index (χ2n) is 7.61. The topological polar surface area (TPSA) is 59.2 Å². The fraction of sp³-hybridized carbons (Fsp3) is 0.286. The zero-order chi connectivity index (χ0) is 20.5. The fourth-order valence-electron chi connectivity index (χ4n) is 2.69. The van der Waals surface area contributed by atoms with Crippen molar-refractivity contribution in [2.75, 3.05) is 7.05 Å². The van der Waals surface area contributed by atoms with Crippen molar-refractivity contribution in [2.24, 2.45) is 0 Å². The van der Waals surface area contributed by atoms with E-state index in [1.165, 1.54) is 16.5 Å². The van der Waals surface area contributed by atoms with E-state index in [9.17, 15) is 4.79 Å². The number of carbonyl (C=O) groups is 1. The monoisotopic (exact) mass is 417 g/mol. The zero-order valence-corrected chi connectivity index (χ0v) is 17.7. The lowest BCUT2D eigenvalue weighted by atomic mass is 9.87. The lowest BCUT2D eigenvalue weighted by Gasteiger charge is -2.18. The van der Waals surface area contributed by atoms with Gasteiger partial charge in [0.2, 0.25) is 11.8 Å². The summed E-state index contributed by atoms with van der Waals surface area (Å²) in [6, 6.07) is 12.8. The largest absolute Gasteiger partial charge is 0.419 e. The second kappa shape index (κ2) is 7.94. The Hall–Kier alpha value is -2.37. The first kappa shape index (κ1) is 20.4. The molecule has 0 aliphatic rings. The summed E-state index contributed by atoms with van der Waals surface area (Å²) < 4.78 is 5.73. The molecule has 28 heavy (non-hydrogen) atoms. The van der Waals surface area contributed by atoms with Gasteiger partial charge in [-0.3, -0.25) is 4.79 Å². The summed E-state index contributed by atoms with van der Waals surface area (Å²) in [5.74, 6) is 0.507. The van der Waals surface area contributed by atoms with Gasteiger partial charge in [-0.05, 0) is 41.3 Å². The maximum Gasteiger partial charge on any atom is 0.255 e. The number of halogens is 2. The molecule has 146 valence electrons. The van der Waals surface area contributed by atoms with Gasteiger partial charge in [-0.1, -0.05) is 56.1 Å². The highest BCUT2D eigenvalue weighted by Crippen LogP contribution is 2.26. The predicted octanol–water partition coefficient (Wildman–Crippen LogP) is 5.61. The van der Waals surface area contributed by atoms with E-state index in [2.05, 4.69) is 43.1 Å². The lowest BCUT2D eigenvalue weighted by molar-refractivity contribution is 0.0773. The molecule has 0 unspecified atom stereocenters. The Kier molecular flexibility index (Phi) is 5.77. The Labute approximate surface area is 174 Å². The van der Waals surface area contributed by atoms with E-state index in [-0.39, 0.29) is 17.9 Å². The van der Waals surface area contributed by atoms with Gasteiger partial charge in [0.25, 0.3) is 5.91 Å². The van der Waals surface area contributed by atoms with E-state index in [1.54, 1.807) is 19.2 Å². The van der Waals surface area contributed by atoms with Gasteiger partial charge in [0, 0.05) is 17.6 Å².